The number of hydrogen-bond acceptors (Lipinski definition) is 5. The van der Waals surface area contributed by atoms with Gasteiger partial charge in [-0.3, -0.25) is 14.3 Å². The molecule has 0 spiro atoms. The maximum Gasteiger partial charge on any atom is 0.330 e. The van der Waals surface area contributed by atoms with Crippen LogP contribution in [0.3, 0.4) is 0 Å². The number of H-pyrrole nitrogens is 1. The van der Waals surface area contributed by atoms with Gasteiger partial charge >= 0.3 is 5.69 Å². The molecular weight excluding hydrogens is 362 g/mol. The third kappa shape index (κ3) is 2.22. The zero-order valence-electron chi connectivity index (χ0n) is 8.92. The molecule has 4 atom stereocenters. The molecule has 3 N–H and O–H groups in total. The Hall–Kier alpha value is -0.780. The number of alkyl halides is 1. The van der Waals surface area contributed by atoms with Crippen LogP contribution < -0.4 is 11.2 Å². The molecule has 9 heteroatoms. The number of nitrogens with zero attached hydrogens (tertiary/aromatic N) is 1. The highest BCUT2D eigenvalue weighted by molar-refractivity contribution is 14.1. The lowest BCUT2D eigenvalue weighted by Crippen LogP contribution is -2.37. The molecule has 0 aliphatic carbocycles. The molecule has 1 aliphatic rings. The number of aromatic amines is 1. The van der Waals surface area contributed by atoms with Crippen molar-refractivity contribution >= 4 is 22.6 Å². The van der Waals surface area contributed by atoms with Crippen molar-refractivity contribution in [2.24, 2.45) is 0 Å². The Bertz CT molecular complexity index is 559. The van der Waals surface area contributed by atoms with Gasteiger partial charge in [-0.2, -0.15) is 0 Å². The second kappa shape index (κ2) is 5.07. The number of ether oxygens (including phenoxy) is 1. The Morgan fingerprint density at radius 3 is 2.78 bits per heavy atom. The van der Waals surface area contributed by atoms with Crippen molar-refractivity contribution in [3.63, 3.8) is 0 Å². The number of aliphatic hydroxyl groups excluding tert-OH is 2. The van der Waals surface area contributed by atoms with Crippen LogP contribution in [0.2, 0.25) is 0 Å². The lowest BCUT2D eigenvalue weighted by Gasteiger charge is -2.15. The van der Waals surface area contributed by atoms with Gasteiger partial charge in [-0.15, -0.1) is 0 Å². The van der Waals surface area contributed by atoms with Gasteiger partial charge in [0, 0.05) is 6.20 Å². The Morgan fingerprint density at radius 1 is 1.56 bits per heavy atom. The molecule has 0 saturated carbocycles. The van der Waals surface area contributed by atoms with Gasteiger partial charge in [-0.05, 0) is 22.6 Å². The van der Waals surface area contributed by atoms with Crippen LogP contribution in [0.15, 0.2) is 15.8 Å². The molecule has 1 aromatic heterocycles. The van der Waals surface area contributed by atoms with Gasteiger partial charge in [0.05, 0.1) is 10.2 Å². The van der Waals surface area contributed by atoms with Crippen molar-refractivity contribution in [3.05, 3.63) is 30.6 Å². The summed E-state index contributed by atoms with van der Waals surface area (Å²) in [5, 5.41) is 18.3. The third-order valence-corrected chi connectivity index (χ3v) is 3.44. The third-order valence-electron chi connectivity index (χ3n) is 2.67. The molecule has 1 aliphatic heterocycles. The van der Waals surface area contributed by atoms with Crippen LogP contribution in [0.1, 0.15) is 6.23 Å². The molecule has 0 aromatic carbocycles. The maximum atomic E-state index is 13.8. The van der Waals surface area contributed by atoms with E-state index in [4.69, 9.17) is 9.84 Å². The standard InChI is InChI=1S/C9H10FIN2O5/c10-5-6(15)4(2-14)18-8(5)13-1-3(11)7(16)12-9(13)17/h1,4-6,8,14-15H,2H2,(H,12,16,17)/t4-,5+,6-,8?/m1/s1. The maximum absolute atomic E-state index is 13.8. The topological polar surface area (TPSA) is 105 Å². The van der Waals surface area contributed by atoms with Crippen molar-refractivity contribution in [3.8, 4) is 0 Å². The molecule has 1 fully saturated rings. The predicted molar refractivity (Wildman–Crippen MR) is 65.9 cm³/mol. The molecule has 2 rings (SSSR count). The average Bonchev–Trinajstić information content (AvgIpc) is 2.61. The van der Waals surface area contributed by atoms with E-state index in [2.05, 4.69) is 0 Å². The average molecular weight is 372 g/mol. The van der Waals surface area contributed by atoms with E-state index in [-0.39, 0.29) is 3.57 Å². The Labute approximate surface area is 113 Å². The fraction of sp³-hybridized carbons (Fsp3) is 0.556. The Morgan fingerprint density at radius 2 is 2.22 bits per heavy atom. The normalized spacial score (nSPS) is 31.8. The molecule has 2 heterocycles. The molecule has 0 bridgehead atoms. The molecule has 18 heavy (non-hydrogen) atoms. The highest BCUT2D eigenvalue weighted by Gasteiger charge is 2.45. The molecular formula is C9H10FIN2O5. The summed E-state index contributed by atoms with van der Waals surface area (Å²) in [7, 11) is 0. The molecule has 1 unspecified atom stereocenters. The highest BCUT2D eigenvalue weighted by Crippen LogP contribution is 2.30. The van der Waals surface area contributed by atoms with Crippen molar-refractivity contribution in [1.29, 1.82) is 0 Å². The number of aliphatic hydroxyl groups is 2. The van der Waals surface area contributed by atoms with Crippen LogP contribution in [0, 0.1) is 3.57 Å². The first kappa shape index (κ1) is 13.6. The van der Waals surface area contributed by atoms with E-state index in [1.165, 1.54) is 0 Å². The fourth-order valence-corrected chi connectivity index (χ4v) is 2.16. The van der Waals surface area contributed by atoms with E-state index in [0.29, 0.717) is 0 Å². The minimum absolute atomic E-state index is 0.185. The lowest BCUT2D eigenvalue weighted by molar-refractivity contribution is -0.0492. The van der Waals surface area contributed by atoms with E-state index in [1.807, 2.05) is 4.98 Å². The van der Waals surface area contributed by atoms with E-state index >= 15 is 0 Å². The number of halogens is 2. The van der Waals surface area contributed by atoms with E-state index in [1.54, 1.807) is 22.6 Å². The summed E-state index contributed by atoms with van der Waals surface area (Å²) in [6.45, 7) is -0.562. The van der Waals surface area contributed by atoms with Crippen LogP contribution in [0.4, 0.5) is 4.39 Å². The van der Waals surface area contributed by atoms with Gasteiger partial charge < -0.3 is 14.9 Å². The SMILES string of the molecule is O=c1[nH]c(=O)n(C2O[C@H](CO)[C@@H](O)[C@@H]2F)cc1I. The van der Waals surface area contributed by atoms with Crippen LogP contribution >= 0.6 is 22.6 Å². The summed E-state index contributed by atoms with van der Waals surface area (Å²) in [6.07, 6.45) is -4.69. The number of aromatic nitrogens is 2. The Balaban J connectivity index is 2.42. The molecule has 1 aromatic rings. The molecule has 7 nitrogen and oxygen atoms in total. The summed E-state index contributed by atoms with van der Waals surface area (Å²) < 4.78 is 19.9. The van der Waals surface area contributed by atoms with Crippen molar-refractivity contribution < 1.29 is 19.3 Å². The van der Waals surface area contributed by atoms with Gasteiger partial charge in [-0.1, -0.05) is 0 Å². The number of hydrogen-bond donors (Lipinski definition) is 3. The zero-order valence-corrected chi connectivity index (χ0v) is 11.1. The lowest BCUT2D eigenvalue weighted by atomic mass is 10.1. The quantitative estimate of drug-likeness (QED) is 0.562. The van der Waals surface area contributed by atoms with Gasteiger partial charge in [0.2, 0.25) is 0 Å². The zero-order chi connectivity index (χ0) is 13.4. The van der Waals surface area contributed by atoms with Crippen molar-refractivity contribution in [2.45, 2.75) is 24.6 Å². The largest absolute Gasteiger partial charge is 0.394 e. The van der Waals surface area contributed by atoms with E-state index in [9.17, 15) is 19.1 Å². The van der Waals surface area contributed by atoms with Gasteiger partial charge in [0.25, 0.3) is 5.56 Å². The van der Waals surface area contributed by atoms with Gasteiger partial charge in [0.1, 0.15) is 12.2 Å². The van der Waals surface area contributed by atoms with Crippen molar-refractivity contribution in [1.82, 2.24) is 9.55 Å². The first-order valence-electron chi connectivity index (χ1n) is 5.05. The minimum atomic E-state index is -1.86. The smallest absolute Gasteiger partial charge is 0.330 e. The van der Waals surface area contributed by atoms with Crippen LogP contribution in [0.5, 0.6) is 0 Å². The van der Waals surface area contributed by atoms with Crippen LogP contribution in [-0.2, 0) is 4.74 Å². The van der Waals surface area contributed by atoms with E-state index in [0.717, 1.165) is 10.8 Å². The first-order chi connectivity index (χ1) is 8.45. The summed E-state index contributed by atoms with van der Waals surface area (Å²) >= 11 is 1.69. The second-order valence-corrected chi connectivity index (χ2v) is 4.99. The summed E-state index contributed by atoms with van der Waals surface area (Å²) in [4.78, 5) is 24.7. The van der Waals surface area contributed by atoms with Gasteiger partial charge in [-0.25, -0.2) is 9.18 Å². The number of nitrogens with one attached hydrogen (secondary N) is 1. The van der Waals surface area contributed by atoms with Crippen LogP contribution in [-0.4, -0.2) is 44.8 Å². The minimum Gasteiger partial charge on any atom is -0.394 e. The summed E-state index contributed by atoms with van der Waals surface area (Å²) in [5.74, 6) is 0. The summed E-state index contributed by atoms with van der Waals surface area (Å²) in [5.41, 5.74) is -1.41. The van der Waals surface area contributed by atoms with Gasteiger partial charge in [0.15, 0.2) is 12.4 Å². The number of rotatable bonds is 2. The van der Waals surface area contributed by atoms with Crippen molar-refractivity contribution in [2.75, 3.05) is 6.61 Å². The fourth-order valence-electron chi connectivity index (χ4n) is 1.73. The summed E-state index contributed by atoms with van der Waals surface area (Å²) in [6, 6.07) is 0. The monoisotopic (exact) mass is 372 g/mol. The first-order valence-corrected chi connectivity index (χ1v) is 6.13. The predicted octanol–water partition coefficient (Wildman–Crippen LogP) is -1.27. The van der Waals surface area contributed by atoms with Crippen LogP contribution in [0.25, 0.3) is 0 Å². The second-order valence-electron chi connectivity index (χ2n) is 3.83. The molecule has 1 saturated heterocycles. The molecule has 0 amide bonds. The molecule has 100 valence electrons. The highest BCUT2D eigenvalue weighted by atomic mass is 127. The molecule has 0 radical (unpaired) electrons. The van der Waals surface area contributed by atoms with E-state index < -0.39 is 42.5 Å². The Kier molecular flexibility index (Phi) is 3.84.